The molecular weight excluding hydrogens is 370 g/mol. The molecule has 1 aliphatic rings. The highest BCUT2D eigenvalue weighted by Gasteiger charge is 2.29. The molecule has 1 N–H and O–H groups in total. The van der Waals surface area contributed by atoms with Gasteiger partial charge in [-0.15, -0.1) is 0 Å². The molecule has 0 spiro atoms. The van der Waals surface area contributed by atoms with Gasteiger partial charge in [0.15, 0.2) is 5.69 Å². The number of benzene rings is 1. The zero-order chi connectivity index (χ0) is 19.4. The number of amides is 1. The fraction of sp³-hybridized carbons (Fsp3) is 0.444. The van der Waals surface area contributed by atoms with Gasteiger partial charge in [-0.05, 0) is 44.9 Å². The number of aromatic nitrogens is 1. The minimum atomic E-state index is -3.71. The van der Waals surface area contributed by atoms with Crippen LogP contribution < -0.4 is 10.1 Å². The van der Waals surface area contributed by atoms with E-state index in [9.17, 15) is 13.2 Å². The molecular formula is C18H23N3O5S. The Bertz CT molecular complexity index is 917. The number of anilines is 1. The molecule has 1 aromatic carbocycles. The van der Waals surface area contributed by atoms with Crippen LogP contribution in [0.2, 0.25) is 0 Å². The van der Waals surface area contributed by atoms with Gasteiger partial charge >= 0.3 is 0 Å². The molecule has 0 atom stereocenters. The maximum atomic E-state index is 13.1. The summed E-state index contributed by atoms with van der Waals surface area (Å²) >= 11 is 0. The van der Waals surface area contributed by atoms with E-state index in [1.54, 1.807) is 26.0 Å². The summed E-state index contributed by atoms with van der Waals surface area (Å²) in [6.45, 7) is 4.79. The first-order valence-corrected chi connectivity index (χ1v) is 10.4. The largest absolute Gasteiger partial charge is 0.492 e. The van der Waals surface area contributed by atoms with Gasteiger partial charge in [-0.2, -0.15) is 4.31 Å². The van der Waals surface area contributed by atoms with E-state index >= 15 is 0 Å². The van der Waals surface area contributed by atoms with Crippen LogP contribution in [0.25, 0.3) is 0 Å². The molecule has 1 fully saturated rings. The third-order valence-corrected chi connectivity index (χ3v) is 6.21. The van der Waals surface area contributed by atoms with Gasteiger partial charge in [0.2, 0.25) is 10.0 Å². The van der Waals surface area contributed by atoms with E-state index in [4.69, 9.17) is 9.26 Å². The fourth-order valence-corrected chi connectivity index (χ4v) is 4.65. The molecule has 1 amide bonds. The quantitative estimate of drug-likeness (QED) is 0.810. The summed E-state index contributed by atoms with van der Waals surface area (Å²) in [5.74, 6) is 0.316. The topological polar surface area (TPSA) is 102 Å². The lowest BCUT2D eigenvalue weighted by Gasteiger charge is -2.27. The highest BCUT2D eigenvalue weighted by atomic mass is 32.2. The van der Waals surface area contributed by atoms with Crippen molar-refractivity contribution in [1.82, 2.24) is 9.46 Å². The predicted molar refractivity (Wildman–Crippen MR) is 99.4 cm³/mol. The van der Waals surface area contributed by atoms with Crippen molar-refractivity contribution in [2.24, 2.45) is 0 Å². The summed E-state index contributed by atoms with van der Waals surface area (Å²) in [6.07, 6.45) is 2.70. The van der Waals surface area contributed by atoms with Crippen LogP contribution in [0.15, 0.2) is 33.7 Å². The van der Waals surface area contributed by atoms with Crippen LogP contribution in [-0.2, 0) is 10.0 Å². The molecule has 9 heteroatoms. The Hall–Kier alpha value is -2.39. The van der Waals surface area contributed by atoms with Crippen molar-refractivity contribution in [3.63, 3.8) is 0 Å². The van der Waals surface area contributed by atoms with E-state index in [-0.39, 0.29) is 16.3 Å². The Morgan fingerprint density at radius 1 is 1.26 bits per heavy atom. The van der Waals surface area contributed by atoms with Gasteiger partial charge in [0.25, 0.3) is 5.91 Å². The molecule has 0 bridgehead atoms. The van der Waals surface area contributed by atoms with Crippen molar-refractivity contribution < 1.29 is 22.5 Å². The third-order valence-electron chi connectivity index (χ3n) is 4.29. The standard InChI is InChI=1S/C18H23N3O5S/c1-3-25-16-8-7-14(19-18(22)15-11-13(2)26-20-15)12-17(16)27(23,24)21-9-5-4-6-10-21/h7-8,11-12H,3-6,9-10H2,1-2H3,(H,19,22). The van der Waals surface area contributed by atoms with Crippen LogP contribution in [-0.4, -0.2) is 43.5 Å². The van der Waals surface area contributed by atoms with Crippen LogP contribution in [0.4, 0.5) is 5.69 Å². The van der Waals surface area contributed by atoms with Crippen LogP contribution in [0, 0.1) is 6.92 Å². The number of sulfonamides is 1. The van der Waals surface area contributed by atoms with Gasteiger partial charge in [-0.1, -0.05) is 11.6 Å². The predicted octanol–water partition coefficient (Wildman–Crippen LogP) is 2.81. The summed E-state index contributed by atoms with van der Waals surface area (Å²) in [5.41, 5.74) is 0.474. The lowest BCUT2D eigenvalue weighted by atomic mass is 10.2. The summed E-state index contributed by atoms with van der Waals surface area (Å²) in [5, 5.41) is 6.32. The van der Waals surface area contributed by atoms with Gasteiger partial charge in [-0.25, -0.2) is 8.42 Å². The summed E-state index contributed by atoms with van der Waals surface area (Å²) in [4.78, 5) is 12.3. The fourth-order valence-electron chi connectivity index (χ4n) is 2.98. The molecule has 1 aromatic heterocycles. The Labute approximate surface area is 158 Å². The Morgan fingerprint density at radius 2 is 2.00 bits per heavy atom. The zero-order valence-electron chi connectivity index (χ0n) is 15.4. The van der Waals surface area contributed by atoms with E-state index in [0.717, 1.165) is 19.3 Å². The number of rotatable bonds is 6. The van der Waals surface area contributed by atoms with Crippen LogP contribution >= 0.6 is 0 Å². The highest BCUT2D eigenvalue weighted by Crippen LogP contribution is 2.31. The number of carbonyl (C=O) groups excluding carboxylic acids is 1. The first-order chi connectivity index (χ1) is 12.9. The van der Waals surface area contributed by atoms with E-state index in [1.807, 2.05) is 0 Å². The normalized spacial score (nSPS) is 15.5. The molecule has 0 aliphatic carbocycles. The molecule has 146 valence electrons. The van der Waals surface area contributed by atoms with Crippen molar-refractivity contribution in [3.05, 3.63) is 35.7 Å². The van der Waals surface area contributed by atoms with Gasteiger partial charge in [0.1, 0.15) is 16.4 Å². The van der Waals surface area contributed by atoms with Crippen molar-refractivity contribution in [1.29, 1.82) is 0 Å². The summed E-state index contributed by atoms with van der Waals surface area (Å²) < 4.78 is 38.1. The van der Waals surface area contributed by atoms with Crippen molar-refractivity contribution in [3.8, 4) is 5.75 Å². The van der Waals surface area contributed by atoms with Crippen LogP contribution in [0.5, 0.6) is 5.75 Å². The summed E-state index contributed by atoms with van der Waals surface area (Å²) in [7, 11) is -3.71. The maximum Gasteiger partial charge on any atom is 0.277 e. The second-order valence-electron chi connectivity index (χ2n) is 6.34. The van der Waals surface area contributed by atoms with Crippen molar-refractivity contribution >= 4 is 21.6 Å². The molecule has 1 saturated heterocycles. The number of nitrogens with one attached hydrogen (secondary N) is 1. The molecule has 27 heavy (non-hydrogen) atoms. The molecule has 0 unspecified atom stereocenters. The van der Waals surface area contributed by atoms with Crippen molar-refractivity contribution in [2.45, 2.75) is 38.0 Å². The number of aryl methyl sites for hydroxylation is 1. The van der Waals surface area contributed by atoms with E-state index in [0.29, 0.717) is 31.1 Å². The molecule has 2 heterocycles. The van der Waals surface area contributed by atoms with Crippen molar-refractivity contribution in [2.75, 3.05) is 25.0 Å². The number of nitrogens with zero attached hydrogens (tertiary/aromatic N) is 2. The zero-order valence-corrected chi connectivity index (χ0v) is 16.2. The average molecular weight is 393 g/mol. The van der Waals surface area contributed by atoms with E-state index < -0.39 is 15.9 Å². The second kappa shape index (κ2) is 8.10. The lowest BCUT2D eigenvalue weighted by Crippen LogP contribution is -2.35. The first kappa shape index (κ1) is 19.4. The SMILES string of the molecule is CCOc1ccc(NC(=O)c2cc(C)on2)cc1S(=O)(=O)N1CCCCC1. The minimum absolute atomic E-state index is 0.0559. The molecule has 8 nitrogen and oxygen atoms in total. The van der Waals surface area contributed by atoms with Gasteiger partial charge in [0, 0.05) is 24.8 Å². The maximum absolute atomic E-state index is 13.1. The van der Waals surface area contributed by atoms with E-state index in [1.165, 1.54) is 16.4 Å². The van der Waals surface area contributed by atoms with E-state index in [2.05, 4.69) is 10.5 Å². The van der Waals surface area contributed by atoms with Crippen LogP contribution in [0.1, 0.15) is 42.4 Å². The van der Waals surface area contributed by atoms with Gasteiger partial charge in [0.05, 0.1) is 6.61 Å². The molecule has 0 radical (unpaired) electrons. The Morgan fingerprint density at radius 3 is 2.63 bits per heavy atom. The van der Waals surface area contributed by atoms with Crippen LogP contribution in [0.3, 0.4) is 0 Å². The van der Waals surface area contributed by atoms with Gasteiger partial charge < -0.3 is 14.6 Å². The second-order valence-corrected chi connectivity index (χ2v) is 8.24. The minimum Gasteiger partial charge on any atom is -0.492 e. The average Bonchev–Trinajstić information content (AvgIpc) is 3.10. The number of hydrogen-bond donors (Lipinski definition) is 1. The number of hydrogen-bond acceptors (Lipinski definition) is 6. The smallest absolute Gasteiger partial charge is 0.277 e. The number of ether oxygens (including phenoxy) is 1. The summed E-state index contributed by atoms with van der Waals surface area (Å²) in [6, 6.07) is 6.10. The molecule has 2 aromatic rings. The highest BCUT2D eigenvalue weighted by molar-refractivity contribution is 7.89. The molecule has 3 rings (SSSR count). The Kier molecular flexibility index (Phi) is 5.81. The molecule has 1 aliphatic heterocycles. The monoisotopic (exact) mass is 393 g/mol. The number of carbonyl (C=O) groups is 1. The molecule has 0 saturated carbocycles. The Balaban J connectivity index is 1.91. The third kappa shape index (κ3) is 4.30. The number of piperidine rings is 1. The first-order valence-electron chi connectivity index (χ1n) is 8.93. The van der Waals surface area contributed by atoms with Gasteiger partial charge in [-0.3, -0.25) is 4.79 Å². The lowest BCUT2D eigenvalue weighted by molar-refractivity contribution is 0.101.